The molecular formula is C16H32. The van der Waals surface area contributed by atoms with Gasteiger partial charge in [0, 0.05) is 0 Å². The molecule has 0 spiro atoms. The number of rotatable bonds is 9. The zero-order valence-electron chi connectivity index (χ0n) is 12.2. The number of allylic oxidation sites excluding steroid dienone is 1. The average Bonchev–Trinajstić information content (AvgIpc) is 2.25. The Kier molecular flexibility index (Phi) is 8.70. The minimum atomic E-state index is 0.876. The molecule has 0 saturated heterocycles. The molecular weight excluding hydrogens is 192 g/mol. The van der Waals surface area contributed by atoms with Gasteiger partial charge in [0.05, 0.1) is 0 Å². The standard InChI is InChI=1S/C16H32/c1-7-10-16(12-9-11-13(3)4)15(6)14(5)8-2/h14-16H,3,7-12H2,1-2,4-6H3. The maximum Gasteiger partial charge on any atom is -0.0326 e. The molecule has 0 aliphatic heterocycles. The molecule has 16 heavy (non-hydrogen) atoms. The van der Waals surface area contributed by atoms with E-state index in [9.17, 15) is 0 Å². The second-order valence-electron chi connectivity index (χ2n) is 5.64. The largest absolute Gasteiger partial charge is 0.100 e. The molecule has 0 heterocycles. The van der Waals surface area contributed by atoms with Crippen LogP contribution in [0.4, 0.5) is 0 Å². The predicted octanol–water partition coefficient (Wildman–Crippen LogP) is 5.83. The first-order chi connectivity index (χ1) is 7.52. The van der Waals surface area contributed by atoms with Gasteiger partial charge in [-0.1, -0.05) is 52.5 Å². The highest BCUT2D eigenvalue weighted by Crippen LogP contribution is 2.30. The van der Waals surface area contributed by atoms with Gasteiger partial charge in [0.25, 0.3) is 0 Å². The maximum absolute atomic E-state index is 3.99. The van der Waals surface area contributed by atoms with Crippen LogP contribution in [0.1, 0.15) is 73.1 Å². The molecule has 0 aliphatic carbocycles. The highest BCUT2D eigenvalue weighted by atomic mass is 14.3. The molecule has 0 nitrogen and oxygen atoms in total. The van der Waals surface area contributed by atoms with E-state index in [1.54, 1.807) is 0 Å². The summed E-state index contributed by atoms with van der Waals surface area (Å²) >= 11 is 0. The number of hydrogen-bond donors (Lipinski definition) is 0. The highest BCUT2D eigenvalue weighted by Gasteiger charge is 2.20. The lowest BCUT2D eigenvalue weighted by molar-refractivity contribution is 0.225. The molecule has 3 unspecified atom stereocenters. The van der Waals surface area contributed by atoms with E-state index in [1.165, 1.54) is 44.1 Å². The van der Waals surface area contributed by atoms with Gasteiger partial charge in [-0.05, 0) is 43.9 Å². The van der Waals surface area contributed by atoms with Crippen molar-refractivity contribution in [2.75, 3.05) is 0 Å². The van der Waals surface area contributed by atoms with E-state index in [2.05, 4.69) is 41.2 Å². The Bertz CT molecular complexity index is 180. The second-order valence-corrected chi connectivity index (χ2v) is 5.64. The van der Waals surface area contributed by atoms with Crippen molar-refractivity contribution < 1.29 is 0 Å². The average molecular weight is 224 g/mol. The summed E-state index contributed by atoms with van der Waals surface area (Å²) in [6.07, 6.45) is 8.00. The third-order valence-electron chi connectivity index (χ3n) is 4.12. The van der Waals surface area contributed by atoms with Gasteiger partial charge in [0.2, 0.25) is 0 Å². The first-order valence-corrected chi connectivity index (χ1v) is 7.17. The lowest BCUT2D eigenvalue weighted by Crippen LogP contribution is -2.18. The smallest absolute Gasteiger partial charge is 0.0326 e. The van der Waals surface area contributed by atoms with Crippen molar-refractivity contribution in [3.8, 4) is 0 Å². The summed E-state index contributed by atoms with van der Waals surface area (Å²) in [4.78, 5) is 0. The maximum atomic E-state index is 3.99. The van der Waals surface area contributed by atoms with Crippen LogP contribution in [0.5, 0.6) is 0 Å². The summed E-state index contributed by atoms with van der Waals surface area (Å²) < 4.78 is 0. The van der Waals surface area contributed by atoms with Crippen LogP contribution >= 0.6 is 0 Å². The molecule has 0 radical (unpaired) electrons. The van der Waals surface area contributed by atoms with E-state index in [1.807, 2.05) is 0 Å². The zero-order chi connectivity index (χ0) is 12.6. The summed E-state index contributed by atoms with van der Waals surface area (Å²) in [5, 5.41) is 0. The SMILES string of the molecule is C=C(C)CCCC(CCC)C(C)C(C)CC. The van der Waals surface area contributed by atoms with Crippen molar-refractivity contribution in [3.63, 3.8) is 0 Å². The fourth-order valence-corrected chi connectivity index (χ4v) is 2.54. The van der Waals surface area contributed by atoms with Gasteiger partial charge in [-0.3, -0.25) is 0 Å². The molecule has 0 aromatic carbocycles. The van der Waals surface area contributed by atoms with Gasteiger partial charge in [0.15, 0.2) is 0 Å². The van der Waals surface area contributed by atoms with Gasteiger partial charge >= 0.3 is 0 Å². The van der Waals surface area contributed by atoms with Crippen molar-refractivity contribution in [3.05, 3.63) is 12.2 Å². The van der Waals surface area contributed by atoms with Crippen molar-refractivity contribution in [1.29, 1.82) is 0 Å². The first kappa shape index (κ1) is 15.7. The molecule has 0 aromatic rings. The van der Waals surface area contributed by atoms with Crippen molar-refractivity contribution in [1.82, 2.24) is 0 Å². The molecule has 0 rings (SSSR count). The van der Waals surface area contributed by atoms with Crippen LogP contribution in [0.25, 0.3) is 0 Å². The molecule has 96 valence electrons. The normalized spacial score (nSPS) is 16.8. The molecule has 0 N–H and O–H groups in total. The Morgan fingerprint density at radius 2 is 1.75 bits per heavy atom. The topological polar surface area (TPSA) is 0 Å². The van der Waals surface area contributed by atoms with Crippen molar-refractivity contribution in [2.24, 2.45) is 17.8 Å². The monoisotopic (exact) mass is 224 g/mol. The number of hydrogen-bond acceptors (Lipinski definition) is 0. The van der Waals surface area contributed by atoms with Gasteiger partial charge in [-0.15, -0.1) is 6.58 Å². The first-order valence-electron chi connectivity index (χ1n) is 7.17. The molecule has 0 fully saturated rings. The van der Waals surface area contributed by atoms with Crippen LogP contribution in [0.2, 0.25) is 0 Å². The quantitative estimate of drug-likeness (QED) is 0.432. The van der Waals surface area contributed by atoms with Crippen LogP contribution in [-0.4, -0.2) is 0 Å². The fourth-order valence-electron chi connectivity index (χ4n) is 2.54. The minimum absolute atomic E-state index is 0.876. The third kappa shape index (κ3) is 6.35. The van der Waals surface area contributed by atoms with E-state index in [4.69, 9.17) is 0 Å². The summed E-state index contributed by atoms with van der Waals surface area (Å²) in [5.41, 5.74) is 1.34. The molecule has 0 bridgehead atoms. The third-order valence-corrected chi connectivity index (χ3v) is 4.12. The van der Waals surface area contributed by atoms with Crippen LogP contribution in [0.15, 0.2) is 12.2 Å². The summed E-state index contributed by atoms with van der Waals surface area (Å²) in [5.74, 6) is 2.69. The fraction of sp³-hybridized carbons (Fsp3) is 0.875. The predicted molar refractivity (Wildman–Crippen MR) is 75.7 cm³/mol. The Balaban J connectivity index is 4.09. The Hall–Kier alpha value is -0.260. The van der Waals surface area contributed by atoms with E-state index in [0.717, 1.165) is 17.8 Å². The van der Waals surface area contributed by atoms with Crippen molar-refractivity contribution >= 4 is 0 Å². The van der Waals surface area contributed by atoms with E-state index in [0.29, 0.717) is 0 Å². The van der Waals surface area contributed by atoms with Gasteiger partial charge in [0.1, 0.15) is 0 Å². The summed E-state index contributed by atoms with van der Waals surface area (Å²) in [7, 11) is 0. The summed E-state index contributed by atoms with van der Waals surface area (Å²) in [6, 6.07) is 0. The van der Waals surface area contributed by atoms with E-state index in [-0.39, 0.29) is 0 Å². The van der Waals surface area contributed by atoms with Gasteiger partial charge < -0.3 is 0 Å². The molecule has 3 atom stereocenters. The van der Waals surface area contributed by atoms with E-state index < -0.39 is 0 Å². The highest BCUT2D eigenvalue weighted by molar-refractivity contribution is 4.87. The van der Waals surface area contributed by atoms with Crippen LogP contribution in [0.3, 0.4) is 0 Å². The van der Waals surface area contributed by atoms with Crippen LogP contribution < -0.4 is 0 Å². The molecule has 0 amide bonds. The minimum Gasteiger partial charge on any atom is -0.100 e. The Morgan fingerprint density at radius 3 is 2.19 bits per heavy atom. The van der Waals surface area contributed by atoms with Gasteiger partial charge in [-0.2, -0.15) is 0 Å². The zero-order valence-corrected chi connectivity index (χ0v) is 12.2. The second kappa shape index (κ2) is 8.84. The van der Waals surface area contributed by atoms with Crippen LogP contribution in [0, 0.1) is 17.8 Å². The molecule has 0 aliphatic rings. The molecule has 0 saturated carbocycles. The lowest BCUT2D eigenvalue weighted by Gasteiger charge is -2.28. The Labute approximate surface area is 104 Å². The lowest BCUT2D eigenvalue weighted by atomic mass is 9.78. The van der Waals surface area contributed by atoms with Gasteiger partial charge in [-0.25, -0.2) is 0 Å². The van der Waals surface area contributed by atoms with E-state index >= 15 is 0 Å². The molecule has 0 aromatic heterocycles. The summed E-state index contributed by atoms with van der Waals surface area (Å²) in [6.45, 7) is 15.6. The Morgan fingerprint density at radius 1 is 1.12 bits per heavy atom. The van der Waals surface area contributed by atoms with Crippen LogP contribution in [-0.2, 0) is 0 Å². The van der Waals surface area contributed by atoms with Crippen molar-refractivity contribution in [2.45, 2.75) is 73.1 Å². The molecule has 0 heteroatoms.